The molecule has 0 radical (unpaired) electrons. The highest BCUT2D eigenvalue weighted by molar-refractivity contribution is 5.78. The van der Waals surface area contributed by atoms with E-state index in [4.69, 9.17) is 4.74 Å². The van der Waals surface area contributed by atoms with Crippen molar-refractivity contribution in [2.75, 3.05) is 19.7 Å². The summed E-state index contributed by atoms with van der Waals surface area (Å²) < 4.78 is 5.69. The first-order chi connectivity index (χ1) is 13.3. The van der Waals surface area contributed by atoms with Crippen molar-refractivity contribution in [3.8, 4) is 16.9 Å². The largest absolute Gasteiger partial charge is 0.484 e. The lowest BCUT2D eigenvalue weighted by atomic mass is 10.1. The van der Waals surface area contributed by atoms with E-state index < -0.39 is 0 Å². The molecule has 0 bridgehead atoms. The van der Waals surface area contributed by atoms with Gasteiger partial charge in [-0.15, -0.1) is 0 Å². The maximum absolute atomic E-state index is 12.4. The monoisotopic (exact) mass is 362 g/mol. The van der Waals surface area contributed by atoms with E-state index in [2.05, 4.69) is 22.3 Å². The molecule has 0 aliphatic carbocycles. The van der Waals surface area contributed by atoms with Gasteiger partial charge in [0.25, 0.3) is 5.91 Å². The van der Waals surface area contributed by atoms with Crippen molar-refractivity contribution in [3.63, 3.8) is 0 Å². The highest BCUT2D eigenvalue weighted by Gasteiger charge is 2.24. The van der Waals surface area contributed by atoms with Gasteiger partial charge in [0.2, 0.25) is 0 Å². The lowest BCUT2D eigenvalue weighted by Crippen LogP contribution is -2.41. The van der Waals surface area contributed by atoms with Crippen LogP contribution >= 0.6 is 0 Å². The third-order valence-corrected chi connectivity index (χ3v) is 4.90. The second-order valence-corrected chi connectivity index (χ2v) is 6.64. The number of ether oxygens (including phenoxy) is 1. The topological polar surface area (TPSA) is 60.2 Å². The number of aromatic nitrogens is 3. The van der Waals surface area contributed by atoms with Crippen LogP contribution in [0, 0.1) is 0 Å². The molecule has 0 spiro atoms. The molecule has 1 aliphatic heterocycles. The van der Waals surface area contributed by atoms with Crippen molar-refractivity contribution < 1.29 is 9.53 Å². The van der Waals surface area contributed by atoms with Crippen LogP contribution in [0.1, 0.15) is 18.9 Å². The average Bonchev–Trinajstić information content (AvgIpc) is 3.28. The van der Waals surface area contributed by atoms with Gasteiger partial charge in [0, 0.05) is 13.1 Å². The molecule has 1 saturated heterocycles. The predicted octanol–water partition coefficient (Wildman–Crippen LogP) is 3.19. The van der Waals surface area contributed by atoms with Crippen molar-refractivity contribution in [3.05, 3.63) is 67.0 Å². The van der Waals surface area contributed by atoms with Crippen LogP contribution < -0.4 is 4.74 Å². The number of carbonyl (C=O) groups excluding carboxylic acids is 1. The molecule has 0 unspecified atom stereocenters. The summed E-state index contributed by atoms with van der Waals surface area (Å²) >= 11 is 0. The van der Waals surface area contributed by atoms with Gasteiger partial charge in [-0.25, -0.2) is 0 Å². The summed E-state index contributed by atoms with van der Waals surface area (Å²) in [5.41, 5.74) is 2.29. The van der Waals surface area contributed by atoms with E-state index >= 15 is 0 Å². The minimum atomic E-state index is 0.0222. The summed E-state index contributed by atoms with van der Waals surface area (Å²) in [5.74, 6) is 0.729. The van der Waals surface area contributed by atoms with Gasteiger partial charge in [-0.05, 0) is 36.1 Å². The van der Waals surface area contributed by atoms with Crippen molar-refractivity contribution in [1.82, 2.24) is 19.9 Å². The van der Waals surface area contributed by atoms with Gasteiger partial charge in [-0.3, -0.25) is 4.79 Å². The minimum absolute atomic E-state index is 0.0222. The molecule has 0 N–H and O–H groups in total. The molecule has 6 nitrogen and oxygen atoms in total. The van der Waals surface area contributed by atoms with Crippen LogP contribution in [0.5, 0.6) is 5.75 Å². The lowest BCUT2D eigenvalue weighted by molar-refractivity contribution is -0.134. The van der Waals surface area contributed by atoms with Gasteiger partial charge in [-0.1, -0.05) is 42.5 Å². The molecule has 6 heteroatoms. The summed E-state index contributed by atoms with van der Waals surface area (Å²) in [6, 6.07) is 18.3. The van der Waals surface area contributed by atoms with Crippen LogP contribution in [-0.4, -0.2) is 45.5 Å². The highest BCUT2D eigenvalue weighted by Crippen LogP contribution is 2.23. The first-order valence-corrected chi connectivity index (χ1v) is 9.21. The van der Waals surface area contributed by atoms with Crippen LogP contribution in [0.4, 0.5) is 0 Å². The molecule has 0 saturated carbocycles. The fourth-order valence-electron chi connectivity index (χ4n) is 3.37. The maximum Gasteiger partial charge on any atom is 0.260 e. The first kappa shape index (κ1) is 17.3. The third kappa shape index (κ3) is 4.16. The van der Waals surface area contributed by atoms with Crippen LogP contribution in [0.3, 0.4) is 0 Å². The number of hydrogen-bond acceptors (Lipinski definition) is 4. The second-order valence-electron chi connectivity index (χ2n) is 6.64. The first-order valence-electron chi connectivity index (χ1n) is 9.21. The number of hydrogen-bond donors (Lipinski definition) is 0. The number of amides is 1. The van der Waals surface area contributed by atoms with Crippen LogP contribution in [0.2, 0.25) is 0 Å². The molecule has 1 amide bonds. The highest BCUT2D eigenvalue weighted by atomic mass is 16.5. The van der Waals surface area contributed by atoms with E-state index in [9.17, 15) is 4.79 Å². The Bertz CT molecular complexity index is 855. The van der Waals surface area contributed by atoms with Crippen LogP contribution in [-0.2, 0) is 4.79 Å². The third-order valence-electron chi connectivity index (χ3n) is 4.90. The Morgan fingerprint density at radius 3 is 2.22 bits per heavy atom. The van der Waals surface area contributed by atoms with Crippen molar-refractivity contribution >= 4 is 5.91 Å². The molecule has 2 aromatic carbocycles. The number of rotatable bonds is 5. The summed E-state index contributed by atoms with van der Waals surface area (Å²) in [6.45, 7) is 1.48. The zero-order chi connectivity index (χ0) is 18.5. The van der Waals surface area contributed by atoms with Gasteiger partial charge in [0.05, 0.1) is 18.4 Å². The normalized spacial score (nSPS) is 14.9. The molecular weight excluding hydrogens is 340 g/mol. The van der Waals surface area contributed by atoms with E-state index in [1.54, 1.807) is 17.2 Å². The average molecular weight is 362 g/mol. The zero-order valence-electron chi connectivity index (χ0n) is 15.1. The SMILES string of the molecule is O=C(COc1ccc(-c2ccccc2)cc1)N1CCC(n2nccn2)CC1. The van der Waals surface area contributed by atoms with Gasteiger partial charge in [0.1, 0.15) is 5.75 Å². The Hall–Kier alpha value is -3.15. The Labute approximate surface area is 158 Å². The fourth-order valence-corrected chi connectivity index (χ4v) is 3.37. The number of benzene rings is 2. The molecule has 0 atom stereocenters. The van der Waals surface area contributed by atoms with Crippen LogP contribution in [0.25, 0.3) is 11.1 Å². The number of carbonyl (C=O) groups is 1. The molecule has 3 aromatic rings. The van der Waals surface area contributed by atoms with E-state index in [1.165, 1.54) is 0 Å². The van der Waals surface area contributed by atoms with Gasteiger partial charge >= 0.3 is 0 Å². The molecule has 1 aromatic heterocycles. The van der Waals surface area contributed by atoms with Gasteiger partial charge in [0.15, 0.2) is 6.61 Å². The summed E-state index contributed by atoms with van der Waals surface area (Å²) in [6.07, 6.45) is 5.11. The van der Waals surface area contributed by atoms with Gasteiger partial charge in [-0.2, -0.15) is 15.0 Å². The van der Waals surface area contributed by atoms with E-state index in [-0.39, 0.29) is 18.6 Å². The zero-order valence-corrected chi connectivity index (χ0v) is 15.1. The van der Waals surface area contributed by atoms with E-state index in [0.717, 1.165) is 24.0 Å². The number of likely N-dealkylation sites (tertiary alicyclic amines) is 1. The lowest BCUT2D eigenvalue weighted by Gasteiger charge is -2.31. The second kappa shape index (κ2) is 8.03. The molecule has 1 aliphatic rings. The van der Waals surface area contributed by atoms with Crippen molar-refractivity contribution in [1.29, 1.82) is 0 Å². The molecular formula is C21H22N4O2. The Morgan fingerprint density at radius 1 is 0.926 bits per heavy atom. The van der Waals surface area contributed by atoms with Crippen molar-refractivity contribution in [2.45, 2.75) is 18.9 Å². The molecule has 138 valence electrons. The maximum atomic E-state index is 12.4. The number of nitrogens with zero attached hydrogens (tertiary/aromatic N) is 4. The summed E-state index contributed by atoms with van der Waals surface area (Å²) in [4.78, 5) is 16.0. The number of piperidine rings is 1. The standard InChI is InChI=1S/C21H22N4O2/c26-21(24-14-10-19(11-15-24)25-22-12-13-23-25)16-27-20-8-6-18(7-9-20)17-4-2-1-3-5-17/h1-9,12-13,19H,10-11,14-16H2. The van der Waals surface area contributed by atoms with Crippen molar-refractivity contribution in [2.24, 2.45) is 0 Å². The summed E-state index contributed by atoms with van der Waals surface area (Å²) in [5, 5.41) is 8.38. The predicted molar refractivity (Wildman–Crippen MR) is 102 cm³/mol. The fraction of sp³-hybridized carbons (Fsp3) is 0.286. The quantitative estimate of drug-likeness (QED) is 0.699. The Kier molecular flexibility index (Phi) is 5.14. The van der Waals surface area contributed by atoms with E-state index in [0.29, 0.717) is 18.8 Å². The smallest absolute Gasteiger partial charge is 0.260 e. The molecule has 2 heterocycles. The van der Waals surface area contributed by atoms with Crippen LogP contribution in [0.15, 0.2) is 67.0 Å². The van der Waals surface area contributed by atoms with Gasteiger partial charge < -0.3 is 9.64 Å². The Balaban J connectivity index is 1.27. The minimum Gasteiger partial charge on any atom is -0.484 e. The molecule has 27 heavy (non-hydrogen) atoms. The molecule has 4 rings (SSSR count). The van der Waals surface area contributed by atoms with E-state index in [1.807, 2.05) is 47.4 Å². The summed E-state index contributed by atoms with van der Waals surface area (Å²) in [7, 11) is 0. The Morgan fingerprint density at radius 2 is 1.56 bits per heavy atom. The molecule has 1 fully saturated rings.